The van der Waals surface area contributed by atoms with E-state index in [0.29, 0.717) is 5.92 Å². The molecule has 0 bridgehead atoms. The van der Waals surface area contributed by atoms with E-state index in [0.717, 1.165) is 19.3 Å². The summed E-state index contributed by atoms with van der Waals surface area (Å²) in [6.45, 7) is 5.61. The first-order valence-electron chi connectivity index (χ1n) is 7.78. The summed E-state index contributed by atoms with van der Waals surface area (Å²) >= 11 is 23.5. The second kappa shape index (κ2) is 6.92. The van der Waals surface area contributed by atoms with Crippen molar-refractivity contribution in [2.75, 3.05) is 0 Å². The van der Waals surface area contributed by atoms with Gasteiger partial charge in [-0.3, -0.25) is 4.79 Å². The molecule has 7 heteroatoms. The number of allylic oxidation sites excluding steroid dienone is 1. The molecule has 2 saturated carbocycles. The van der Waals surface area contributed by atoms with Crippen LogP contribution < -0.4 is 0 Å². The van der Waals surface area contributed by atoms with Gasteiger partial charge in [0.05, 0.1) is 11.5 Å². The molecule has 5 atom stereocenters. The smallest absolute Gasteiger partial charge is 0.313 e. The van der Waals surface area contributed by atoms with Crippen LogP contribution in [0.2, 0.25) is 0 Å². The number of ether oxygens (including phenoxy) is 1. The maximum absolute atomic E-state index is 12.5. The van der Waals surface area contributed by atoms with E-state index in [4.69, 9.17) is 51.1 Å². The molecule has 1 N–H and O–H groups in total. The monoisotopic (exact) mass is 402 g/mol. The Labute approximate surface area is 157 Å². The fraction of sp³-hybridized carbons (Fsp3) is 0.812. The molecule has 0 aliphatic heterocycles. The van der Waals surface area contributed by atoms with Crippen LogP contribution in [0.5, 0.6) is 0 Å². The standard InChI is InChI=1S/C16H22Cl4O3/c1-8-4-5-9(15(2,3)22)11(6-8)23-14(21)13-10(7-12(17)18)16(13,19)20/h7-11,13,22H,4-6H2,1-3H3/t8-,9-,10+,11-,13-/m1/s1. The maximum Gasteiger partial charge on any atom is 0.313 e. The molecular weight excluding hydrogens is 382 g/mol. The molecule has 2 aliphatic rings. The molecular formula is C16H22Cl4O3. The van der Waals surface area contributed by atoms with E-state index < -0.39 is 27.7 Å². The van der Waals surface area contributed by atoms with Crippen molar-refractivity contribution in [2.45, 2.75) is 56.1 Å². The number of halogens is 4. The summed E-state index contributed by atoms with van der Waals surface area (Å²) in [6.07, 6.45) is 3.67. The third-order valence-corrected chi connectivity index (χ3v) is 6.12. The second-order valence-electron chi connectivity index (χ2n) is 7.29. The Balaban J connectivity index is 2.07. The highest BCUT2D eigenvalue weighted by Crippen LogP contribution is 2.61. The summed E-state index contributed by atoms with van der Waals surface area (Å²) in [5.74, 6) is -1.26. The van der Waals surface area contributed by atoms with Crippen molar-refractivity contribution in [3.05, 3.63) is 10.6 Å². The van der Waals surface area contributed by atoms with E-state index in [9.17, 15) is 9.90 Å². The first-order valence-corrected chi connectivity index (χ1v) is 9.29. The van der Waals surface area contributed by atoms with Crippen molar-refractivity contribution < 1.29 is 14.6 Å². The minimum atomic E-state index is -1.24. The van der Waals surface area contributed by atoms with Crippen LogP contribution in [0.3, 0.4) is 0 Å². The van der Waals surface area contributed by atoms with Crippen LogP contribution in [0.4, 0.5) is 0 Å². The molecule has 2 aliphatic carbocycles. The summed E-state index contributed by atoms with van der Waals surface area (Å²) < 4.78 is 4.47. The highest BCUT2D eigenvalue weighted by atomic mass is 35.5. The van der Waals surface area contributed by atoms with Crippen molar-refractivity contribution in [3.8, 4) is 0 Å². The summed E-state index contributed by atoms with van der Waals surface area (Å²) in [6, 6.07) is 0. The first-order chi connectivity index (χ1) is 10.4. The first kappa shape index (κ1) is 19.7. The van der Waals surface area contributed by atoms with Gasteiger partial charge in [0.15, 0.2) is 0 Å². The van der Waals surface area contributed by atoms with Crippen LogP contribution in [0.15, 0.2) is 10.6 Å². The summed E-state index contributed by atoms with van der Waals surface area (Å²) in [5.41, 5.74) is -0.910. The number of hydrogen-bond acceptors (Lipinski definition) is 3. The molecule has 0 saturated heterocycles. The molecule has 0 aromatic rings. The zero-order chi connectivity index (χ0) is 17.6. The molecule has 0 spiro atoms. The van der Waals surface area contributed by atoms with Crippen molar-refractivity contribution in [1.29, 1.82) is 0 Å². The molecule has 23 heavy (non-hydrogen) atoms. The average Bonchev–Trinajstić information content (AvgIpc) is 2.88. The molecule has 0 amide bonds. The van der Waals surface area contributed by atoms with Gasteiger partial charge in [0.2, 0.25) is 0 Å². The Hall–Kier alpha value is 0.330. The second-order valence-corrected chi connectivity index (χ2v) is 9.74. The van der Waals surface area contributed by atoms with Crippen LogP contribution in [0.25, 0.3) is 0 Å². The number of carbonyl (C=O) groups excluding carboxylic acids is 1. The van der Waals surface area contributed by atoms with E-state index >= 15 is 0 Å². The maximum atomic E-state index is 12.5. The van der Waals surface area contributed by atoms with Gasteiger partial charge < -0.3 is 9.84 Å². The van der Waals surface area contributed by atoms with Crippen molar-refractivity contribution >= 4 is 52.4 Å². The van der Waals surface area contributed by atoms with Crippen molar-refractivity contribution in [2.24, 2.45) is 23.7 Å². The van der Waals surface area contributed by atoms with Gasteiger partial charge in [0, 0.05) is 11.8 Å². The summed E-state index contributed by atoms with van der Waals surface area (Å²) in [4.78, 5) is 12.5. The fourth-order valence-electron chi connectivity index (χ4n) is 3.49. The number of esters is 1. The molecule has 0 radical (unpaired) electrons. The zero-order valence-electron chi connectivity index (χ0n) is 13.4. The highest BCUT2D eigenvalue weighted by molar-refractivity contribution is 6.56. The van der Waals surface area contributed by atoms with Crippen LogP contribution in [0, 0.1) is 23.7 Å². The molecule has 0 aromatic carbocycles. The molecule has 0 heterocycles. The van der Waals surface area contributed by atoms with Crippen LogP contribution in [-0.2, 0) is 9.53 Å². The van der Waals surface area contributed by atoms with Gasteiger partial charge in [0.25, 0.3) is 0 Å². The minimum absolute atomic E-state index is 0.0247. The van der Waals surface area contributed by atoms with Crippen molar-refractivity contribution in [1.82, 2.24) is 0 Å². The van der Waals surface area contributed by atoms with Gasteiger partial charge in [-0.25, -0.2) is 0 Å². The Morgan fingerprint density at radius 3 is 2.43 bits per heavy atom. The molecule has 2 rings (SSSR count). The van der Waals surface area contributed by atoms with Gasteiger partial charge in [-0.2, -0.15) is 0 Å². The van der Waals surface area contributed by atoms with Gasteiger partial charge >= 0.3 is 5.97 Å². The van der Waals surface area contributed by atoms with Crippen LogP contribution in [-0.4, -0.2) is 27.1 Å². The number of alkyl halides is 2. The number of hydrogen-bond donors (Lipinski definition) is 1. The molecule has 0 aromatic heterocycles. The third kappa shape index (κ3) is 4.49. The SMILES string of the molecule is C[C@@H]1CC[C@@H](C(C)(C)O)[C@H](OC(=O)[C@H]2[C@H](C=C(Cl)Cl)C2(Cl)Cl)C1. The van der Waals surface area contributed by atoms with E-state index in [-0.39, 0.29) is 16.5 Å². The Kier molecular flexibility index (Phi) is 5.91. The minimum Gasteiger partial charge on any atom is -0.462 e. The summed E-state index contributed by atoms with van der Waals surface area (Å²) in [5, 5.41) is 10.4. The largest absolute Gasteiger partial charge is 0.462 e. The lowest BCUT2D eigenvalue weighted by atomic mass is 9.73. The Bertz CT molecular complexity index is 494. The van der Waals surface area contributed by atoms with E-state index in [1.807, 2.05) is 0 Å². The highest BCUT2D eigenvalue weighted by Gasteiger charge is 2.67. The fourth-order valence-corrected chi connectivity index (χ4v) is 4.46. The number of carbonyl (C=O) groups is 1. The molecule has 132 valence electrons. The van der Waals surface area contributed by atoms with Gasteiger partial charge in [0.1, 0.15) is 14.9 Å². The normalized spacial score (nSPS) is 36.3. The van der Waals surface area contributed by atoms with Crippen LogP contribution in [0.1, 0.15) is 40.0 Å². The van der Waals surface area contributed by atoms with E-state index in [2.05, 4.69) is 6.92 Å². The van der Waals surface area contributed by atoms with E-state index in [1.54, 1.807) is 13.8 Å². The number of rotatable bonds is 4. The lowest BCUT2D eigenvalue weighted by molar-refractivity contribution is -0.164. The quantitative estimate of drug-likeness (QED) is 0.539. The van der Waals surface area contributed by atoms with Gasteiger partial charge in [-0.15, -0.1) is 0 Å². The van der Waals surface area contributed by atoms with E-state index in [1.165, 1.54) is 6.08 Å². The van der Waals surface area contributed by atoms with Crippen molar-refractivity contribution in [3.63, 3.8) is 0 Å². The van der Waals surface area contributed by atoms with Gasteiger partial charge in [-0.1, -0.05) is 59.7 Å². The third-order valence-electron chi connectivity index (χ3n) is 4.90. The summed E-state index contributed by atoms with van der Waals surface area (Å²) in [7, 11) is 0. The number of aliphatic hydroxyl groups is 1. The molecule has 2 fully saturated rings. The zero-order valence-corrected chi connectivity index (χ0v) is 16.4. The Morgan fingerprint density at radius 2 is 1.91 bits per heavy atom. The van der Waals surface area contributed by atoms with Gasteiger partial charge in [-0.05, 0) is 38.7 Å². The van der Waals surface area contributed by atoms with Crippen LogP contribution >= 0.6 is 46.4 Å². The predicted molar refractivity (Wildman–Crippen MR) is 93.9 cm³/mol. The lowest BCUT2D eigenvalue weighted by Crippen LogP contribution is -2.45. The lowest BCUT2D eigenvalue weighted by Gasteiger charge is -2.40. The Morgan fingerprint density at radius 1 is 1.30 bits per heavy atom. The predicted octanol–water partition coefficient (Wildman–Crippen LogP) is 4.84. The molecule has 0 unspecified atom stereocenters. The molecule has 3 nitrogen and oxygen atoms in total. The average molecular weight is 404 g/mol. The topological polar surface area (TPSA) is 46.5 Å².